The highest BCUT2D eigenvalue weighted by Crippen LogP contribution is 2.32. The maximum absolute atomic E-state index is 13.4. The average molecular weight is 344 g/mol. The number of fused-ring (bicyclic) bond motifs is 2. The predicted molar refractivity (Wildman–Crippen MR) is 92.2 cm³/mol. The molecule has 0 bridgehead atoms. The van der Waals surface area contributed by atoms with Crippen LogP contribution in [0.2, 0.25) is 0 Å². The van der Waals surface area contributed by atoms with Crippen LogP contribution in [-0.2, 0) is 6.54 Å². The van der Waals surface area contributed by atoms with Crippen LogP contribution in [0.15, 0.2) is 23.0 Å². The summed E-state index contributed by atoms with van der Waals surface area (Å²) < 4.78 is 28.1. The minimum Gasteiger partial charge on any atom is -0.292 e. The molecule has 0 radical (unpaired) electrons. The third kappa shape index (κ3) is 2.21. The third-order valence-electron chi connectivity index (χ3n) is 4.47. The number of halogens is 2. The lowest BCUT2D eigenvalue weighted by Crippen LogP contribution is -2.20. The highest BCUT2D eigenvalue weighted by atomic mass is 32.1. The van der Waals surface area contributed by atoms with Crippen molar-refractivity contribution in [1.29, 1.82) is 0 Å². The van der Waals surface area contributed by atoms with Gasteiger partial charge in [-0.1, -0.05) is 6.07 Å². The minimum atomic E-state index is -0.882. The van der Waals surface area contributed by atoms with Gasteiger partial charge in [-0.05, 0) is 55.2 Å². The summed E-state index contributed by atoms with van der Waals surface area (Å²) in [6.07, 6.45) is 2.42. The smallest absolute Gasteiger partial charge is 0.262 e. The van der Waals surface area contributed by atoms with E-state index >= 15 is 0 Å². The number of nitrogens with zero attached hydrogens (tertiary/aromatic N) is 2. The van der Waals surface area contributed by atoms with Crippen LogP contribution in [0.4, 0.5) is 8.78 Å². The van der Waals surface area contributed by atoms with Crippen LogP contribution in [0, 0.1) is 25.5 Å². The van der Waals surface area contributed by atoms with Gasteiger partial charge in [0.1, 0.15) is 10.7 Å². The second kappa shape index (κ2) is 5.34. The lowest BCUT2D eigenvalue weighted by atomic mass is 10.1. The molecule has 6 heteroatoms. The Balaban J connectivity index is 1.90. The van der Waals surface area contributed by atoms with E-state index < -0.39 is 11.6 Å². The van der Waals surface area contributed by atoms with Crippen molar-refractivity contribution < 1.29 is 8.78 Å². The van der Waals surface area contributed by atoms with Crippen molar-refractivity contribution in [1.82, 2.24) is 9.55 Å². The predicted octanol–water partition coefficient (Wildman–Crippen LogP) is 4.30. The zero-order valence-corrected chi connectivity index (χ0v) is 14.0. The monoisotopic (exact) mass is 344 g/mol. The molecule has 3 heterocycles. The van der Waals surface area contributed by atoms with Gasteiger partial charge in [0, 0.05) is 11.4 Å². The van der Waals surface area contributed by atoms with Gasteiger partial charge >= 0.3 is 0 Å². The standard InChI is InChI=1S/C18H14F2N2OS/c1-9-10(2)24-17-15(9)18(23)22-6-5-12(16(22)21-17)7-11-3-4-13(19)14(20)8-11/h3-4,7-8H,5-6H2,1-2H3/b12-7-. The van der Waals surface area contributed by atoms with Crippen molar-refractivity contribution in [3.8, 4) is 0 Å². The Morgan fingerprint density at radius 2 is 2.04 bits per heavy atom. The van der Waals surface area contributed by atoms with Crippen molar-refractivity contribution in [3.63, 3.8) is 0 Å². The fraction of sp³-hybridized carbons (Fsp3) is 0.222. The van der Waals surface area contributed by atoms with E-state index in [1.165, 1.54) is 17.4 Å². The first-order valence-electron chi connectivity index (χ1n) is 7.62. The van der Waals surface area contributed by atoms with E-state index in [4.69, 9.17) is 0 Å². The Kier molecular flexibility index (Phi) is 3.38. The number of benzene rings is 1. The zero-order chi connectivity index (χ0) is 17.0. The van der Waals surface area contributed by atoms with Gasteiger partial charge in [0.25, 0.3) is 5.56 Å². The Morgan fingerprint density at radius 3 is 2.79 bits per heavy atom. The van der Waals surface area contributed by atoms with E-state index in [0.29, 0.717) is 29.7 Å². The maximum atomic E-state index is 13.4. The molecule has 3 nitrogen and oxygen atoms in total. The quantitative estimate of drug-likeness (QED) is 0.660. The van der Waals surface area contributed by atoms with Crippen molar-refractivity contribution in [3.05, 3.63) is 62.0 Å². The summed E-state index contributed by atoms with van der Waals surface area (Å²) in [7, 11) is 0. The van der Waals surface area contributed by atoms with Crippen molar-refractivity contribution in [2.24, 2.45) is 0 Å². The number of rotatable bonds is 1. The summed E-state index contributed by atoms with van der Waals surface area (Å²) in [6, 6.07) is 3.78. The molecule has 122 valence electrons. The zero-order valence-electron chi connectivity index (χ0n) is 13.2. The van der Waals surface area contributed by atoms with Crippen LogP contribution < -0.4 is 5.56 Å². The van der Waals surface area contributed by atoms with Crippen molar-refractivity contribution in [2.45, 2.75) is 26.8 Å². The van der Waals surface area contributed by atoms with E-state index in [9.17, 15) is 13.6 Å². The van der Waals surface area contributed by atoms with Gasteiger partial charge in [-0.15, -0.1) is 11.3 Å². The first kappa shape index (κ1) is 15.2. The van der Waals surface area contributed by atoms with Crippen LogP contribution >= 0.6 is 11.3 Å². The van der Waals surface area contributed by atoms with E-state index in [1.807, 2.05) is 13.8 Å². The van der Waals surface area contributed by atoms with Gasteiger partial charge in [0.05, 0.1) is 5.39 Å². The molecule has 1 aliphatic rings. The lowest BCUT2D eigenvalue weighted by Gasteiger charge is -2.03. The van der Waals surface area contributed by atoms with E-state index in [1.54, 1.807) is 10.6 Å². The Bertz CT molecular complexity index is 1080. The molecule has 4 rings (SSSR count). The SMILES string of the molecule is Cc1sc2nc3n(c(=O)c2c1C)CC/C3=C/c1ccc(F)c(F)c1. The van der Waals surface area contributed by atoms with Crippen molar-refractivity contribution in [2.75, 3.05) is 0 Å². The van der Waals surface area contributed by atoms with Gasteiger partial charge in [-0.2, -0.15) is 0 Å². The first-order valence-corrected chi connectivity index (χ1v) is 8.44. The van der Waals surface area contributed by atoms with Crippen LogP contribution in [0.5, 0.6) is 0 Å². The second-order valence-electron chi connectivity index (χ2n) is 5.95. The average Bonchev–Trinajstić information content (AvgIpc) is 3.06. The Hall–Kier alpha value is -2.34. The summed E-state index contributed by atoms with van der Waals surface area (Å²) in [5.41, 5.74) is 2.39. The number of hydrogen-bond acceptors (Lipinski definition) is 3. The summed E-state index contributed by atoms with van der Waals surface area (Å²) >= 11 is 1.51. The summed E-state index contributed by atoms with van der Waals surface area (Å²) in [5, 5.41) is 0.690. The van der Waals surface area contributed by atoms with Gasteiger partial charge in [-0.25, -0.2) is 13.8 Å². The molecule has 2 aromatic heterocycles. The molecule has 0 N–H and O–H groups in total. The molecule has 0 spiro atoms. The Labute approximate surface area is 140 Å². The summed E-state index contributed by atoms with van der Waals surface area (Å²) in [4.78, 5) is 19.2. The second-order valence-corrected chi connectivity index (χ2v) is 7.15. The molecule has 1 aliphatic heterocycles. The number of allylic oxidation sites excluding steroid dienone is 1. The van der Waals surface area contributed by atoms with E-state index in [-0.39, 0.29) is 5.56 Å². The highest BCUT2D eigenvalue weighted by molar-refractivity contribution is 7.18. The van der Waals surface area contributed by atoms with Crippen LogP contribution in [0.1, 0.15) is 28.2 Å². The van der Waals surface area contributed by atoms with Gasteiger partial charge in [-0.3, -0.25) is 9.36 Å². The van der Waals surface area contributed by atoms with Crippen LogP contribution in [0.3, 0.4) is 0 Å². The Morgan fingerprint density at radius 1 is 1.25 bits per heavy atom. The first-order chi connectivity index (χ1) is 11.5. The normalized spacial score (nSPS) is 15.4. The van der Waals surface area contributed by atoms with Crippen molar-refractivity contribution >= 4 is 33.2 Å². The molecular weight excluding hydrogens is 330 g/mol. The molecule has 0 unspecified atom stereocenters. The molecule has 24 heavy (non-hydrogen) atoms. The number of thiophene rings is 1. The summed E-state index contributed by atoms with van der Waals surface area (Å²) in [6.45, 7) is 4.48. The van der Waals surface area contributed by atoms with Gasteiger partial charge in [0.15, 0.2) is 11.6 Å². The largest absolute Gasteiger partial charge is 0.292 e. The van der Waals surface area contributed by atoms with Gasteiger partial charge in [0.2, 0.25) is 0 Å². The summed E-state index contributed by atoms with van der Waals surface area (Å²) in [5.74, 6) is -1.13. The van der Waals surface area contributed by atoms with Crippen LogP contribution in [-0.4, -0.2) is 9.55 Å². The highest BCUT2D eigenvalue weighted by Gasteiger charge is 2.23. The molecule has 1 aromatic carbocycles. The molecule has 0 aliphatic carbocycles. The number of hydrogen-bond donors (Lipinski definition) is 0. The number of aromatic nitrogens is 2. The topological polar surface area (TPSA) is 34.9 Å². The van der Waals surface area contributed by atoms with Crippen LogP contribution in [0.25, 0.3) is 21.9 Å². The molecule has 3 aromatic rings. The minimum absolute atomic E-state index is 0.0227. The molecule has 0 saturated carbocycles. The van der Waals surface area contributed by atoms with Gasteiger partial charge < -0.3 is 0 Å². The third-order valence-corrected chi connectivity index (χ3v) is 5.57. The molecule has 0 atom stereocenters. The fourth-order valence-electron chi connectivity index (χ4n) is 3.06. The molecule has 0 saturated heterocycles. The van der Waals surface area contributed by atoms with E-state index in [2.05, 4.69) is 4.98 Å². The molecular formula is C18H14F2N2OS. The maximum Gasteiger partial charge on any atom is 0.262 e. The molecule has 0 fully saturated rings. The van der Waals surface area contributed by atoms with E-state index in [0.717, 1.165) is 33.0 Å². The fourth-order valence-corrected chi connectivity index (χ4v) is 4.08. The molecule has 0 amide bonds. The number of aryl methyl sites for hydroxylation is 2. The lowest BCUT2D eigenvalue weighted by molar-refractivity contribution is 0.508.